The molecule has 3 aromatic carbocycles. The smallest absolute Gasteiger partial charge is 0.426 e. The molecule has 0 radical (unpaired) electrons. The molecule has 0 aliphatic heterocycles. The third-order valence-electron chi connectivity index (χ3n) is 5.36. The summed E-state index contributed by atoms with van der Waals surface area (Å²) < 4.78 is 68.3. The highest BCUT2D eigenvalue weighted by atomic mass is 32.1. The molecule has 0 saturated carbocycles. The number of nitrogens with one attached hydrogen (secondary N) is 2. The molecule has 4 rings (SSSR count). The molecule has 0 unspecified atom stereocenters. The van der Waals surface area contributed by atoms with Crippen LogP contribution in [0.25, 0.3) is 17.1 Å². The fourth-order valence-corrected chi connectivity index (χ4v) is 3.45. The zero-order valence-corrected chi connectivity index (χ0v) is 21.8. The molecule has 0 amide bonds. The number of thiocarbonyl (C=S) groups is 1. The molecule has 0 bridgehead atoms. The summed E-state index contributed by atoms with van der Waals surface area (Å²) in [5.41, 5.74) is 6.49. The van der Waals surface area contributed by atoms with Crippen molar-refractivity contribution in [3.63, 3.8) is 0 Å². The molecule has 208 valence electrons. The van der Waals surface area contributed by atoms with Gasteiger partial charge >= 0.3 is 12.3 Å². The van der Waals surface area contributed by atoms with Gasteiger partial charge in [0, 0.05) is 31.0 Å². The third kappa shape index (κ3) is 7.08. The van der Waals surface area contributed by atoms with E-state index in [4.69, 9.17) is 12.2 Å². The first-order valence-corrected chi connectivity index (χ1v) is 12.0. The highest BCUT2D eigenvalue weighted by Gasteiger charge is 2.61. The Balaban J connectivity index is 1.32. The van der Waals surface area contributed by atoms with E-state index in [0.717, 1.165) is 29.1 Å². The SMILES string of the molecule is CN(C)c1ccc(NC(=S)N/N=C/c2ccc(-c3ncn(-c4ccc(OC(F)(F)C(F)(F)F)cc4)n3)cc2)cc1. The maximum atomic E-state index is 13.1. The molecule has 0 spiro atoms. The number of hydrogen-bond acceptors (Lipinski definition) is 6. The van der Waals surface area contributed by atoms with Gasteiger partial charge < -0.3 is 15.0 Å². The van der Waals surface area contributed by atoms with Crippen molar-refractivity contribution in [2.24, 2.45) is 5.10 Å². The maximum absolute atomic E-state index is 13.1. The number of aromatic nitrogens is 3. The van der Waals surface area contributed by atoms with E-state index in [2.05, 4.69) is 30.7 Å². The van der Waals surface area contributed by atoms with Crippen molar-refractivity contribution >= 4 is 34.9 Å². The minimum absolute atomic E-state index is 0.328. The topological polar surface area (TPSA) is 79.6 Å². The first-order valence-electron chi connectivity index (χ1n) is 11.5. The molecule has 0 fully saturated rings. The zero-order valence-electron chi connectivity index (χ0n) is 21.0. The quantitative estimate of drug-likeness (QED) is 0.118. The third-order valence-corrected chi connectivity index (χ3v) is 5.55. The summed E-state index contributed by atoms with van der Waals surface area (Å²) in [6.07, 6.45) is -8.15. The van der Waals surface area contributed by atoms with Gasteiger partial charge in [-0.1, -0.05) is 24.3 Å². The van der Waals surface area contributed by atoms with E-state index in [1.54, 1.807) is 30.5 Å². The van der Waals surface area contributed by atoms with E-state index in [-0.39, 0.29) is 0 Å². The van der Waals surface area contributed by atoms with Crippen LogP contribution in [-0.2, 0) is 0 Å². The van der Waals surface area contributed by atoms with Gasteiger partial charge in [0.05, 0.1) is 11.9 Å². The Morgan fingerprint density at radius 3 is 2.20 bits per heavy atom. The Morgan fingerprint density at radius 1 is 0.950 bits per heavy atom. The molecule has 2 N–H and O–H groups in total. The van der Waals surface area contributed by atoms with Crippen LogP contribution in [0.15, 0.2) is 84.2 Å². The first-order chi connectivity index (χ1) is 18.9. The number of rotatable bonds is 8. The van der Waals surface area contributed by atoms with Gasteiger partial charge in [-0.15, -0.1) is 5.10 Å². The predicted octanol–water partition coefficient (Wildman–Crippen LogP) is 5.85. The van der Waals surface area contributed by atoms with E-state index in [9.17, 15) is 22.0 Å². The largest absolute Gasteiger partial charge is 0.499 e. The lowest BCUT2D eigenvalue weighted by Crippen LogP contribution is -2.41. The molecule has 0 aliphatic carbocycles. The van der Waals surface area contributed by atoms with Crippen LogP contribution in [0.4, 0.5) is 33.3 Å². The lowest BCUT2D eigenvalue weighted by atomic mass is 10.1. The van der Waals surface area contributed by atoms with Gasteiger partial charge in [0.25, 0.3) is 0 Å². The second-order valence-corrected chi connectivity index (χ2v) is 8.92. The molecule has 8 nitrogen and oxygen atoms in total. The second-order valence-electron chi connectivity index (χ2n) is 8.51. The Kier molecular flexibility index (Phi) is 8.28. The van der Waals surface area contributed by atoms with Gasteiger partial charge in [0.15, 0.2) is 10.9 Å². The van der Waals surface area contributed by atoms with Crippen LogP contribution >= 0.6 is 12.2 Å². The highest BCUT2D eigenvalue weighted by Crippen LogP contribution is 2.37. The van der Waals surface area contributed by atoms with Crippen LogP contribution in [0.2, 0.25) is 0 Å². The van der Waals surface area contributed by atoms with Gasteiger partial charge in [-0.3, -0.25) is 5.43 Å². The number of benzene rings is 3. The Hall–Kier alpha value is -4.59. The van der Waals surface area contributed by atoms with Crippen molar-refractivity contribution in [3.8, 4) is 22.8 Å². The van der Waals surface area contributed by atoms with Crippen molar-refractivity contribution in [1.82, 2.24) is 20.2 Å². The molecular formula is C26H22F5N7OS. The lowest BCUT2D eigenvalue weighted by molar-refractivity contribution is -0.360. The standard InChI is InChI=1S/C26H22F5N7OS/c1-37(2)20-9-7-19(8-10-20)34-24(40)35-33-15-17-3-5-18(6-4-17)23-32-16-38(36-23)21-11-13-22(14-12-21)39-26(30,31)25(27,28)29/h3-16H,1-2H3,(H2,34,35,40)/b33-15+. The summed E-state index contributed by atoms with van der Waals surface area (Å²) in [5, 5.41) is 11.8. The van der Waals surface area contributed by atoms with Gasteiger partial charge in [0.1, 0.15) is 12.1 Å². The summed E-state index contributed by atoms with van der Waals surface area (Å²) in [6.45, 7) is 0. The van der Waals surface area contributed by atoms with E-state index >= 15 is 0 Å². The number of alkyl halides is 5. The number of nitrogens with zero attached hydrogens (tertiary/aromatic N) is 5. The van der Waals surface area contributed by atoms with Crippen LogP contribution in [0, 0.1) is 0 Å². The fraction of sp³-hybridized carbons (Fsp3) is 0.154. The van der Waals surface area contributed by atoms with Crippen LogP contribution < -0.4 is 20.4 Å². The summed E-state index contributed by atoms with van der Waals surface area (Å²) in [5.74, 6) is -0.274. The number of hydrazone groups is 1. The summed E-state index contributed by atoms with van der Waals surface area (Å²) in [4.78, 5) is 6.22. The van der Waals surface area contributed by atoms with Gasteiger partial charge in [-0.05, 0) is 66.3 Å². The van der Waals surface area contributed by atoms with Crippen LogP contribution in [0.5, 0.6) is 5.75 Å². The fourth-order valence-electron chi connectivity index (χ4n) is 3.28. The number of ether oxygens (including phenoxy) is 1. The minimum atomic E-state index is -5.83. The van der Waals surface area contributed by atoms with Crippen molar-refractivity contribution in [2.45, 2.75) is 12.3 Å². The molecule has 40 heavy (non-hydrogen) atoms. The molecule has 0 saturated heterocycles. The average Bonchev–Trinajstić information content (AvgIpc) is 3.39. The molecule has 14 heteroatoms. The van der Waals surface area contributed by atoms with Crippen LogP contribution in [0.1, 0.15) is 5.56 Å². The maximum Gasteiger partial charge on any atom is 0.499 e. The molecule has 0 aliphatic rings. The van der Waals surface area contributed by atoms with Gasteiger partial charge in [-0.2, -0.15) is 27.1 Å². The molecule has 1 heterocycles. The summed E-state index contributed by atoms with van der Waals surface area (Å²) in [6, 6.07) is 19.4. The number of anilines is 2. The number of hydrogen-bond donors (Lipinski definition) is 2. The number of halogens is 5. The summed E-state index contributed by atoms with van der Waals surface area (Å²) in [7, 11) is 3.92. The van der Waals surface area contributed by atoms with Crippen molar-refractivity contribution in [2.75, 3.05) is 24.3 Å². The lowest BCUT2D eigenvalue weighted by Gasteiger charge is -2.20. The minimum Gasteiger partial charge on any atom is -0.426 e. The monoisotopic (exact) mass is 575 g/mol. The van der Waals surface area contributed by atoms with E-state index in [1.165, 1.54) is 23.1 Å². The zero-order chi connectivity index (χ0) is 28.9. The first kappa shape index (κ1) is 28.4. The molecule has 4 aromatic rings. The van der Waals surface area contributed by atoms with Crippen molar-refractivity contribution < 1.29 is 26.7 Å². The Bertz CT molecular complexity index is 1470. The Morgan fingerprint density at radius 2 is 1.60 bits per heavy atom. The average molecular weight is 576 g/mol. The van der Waals surface area contributed by atoms with Crippen molar-refractivity contribution in [3.05, 3.63) is 84.7 Å². The molecule has 0 atom stereocenters. The van der Waals surface area contributed by atoms with Crippen molar-refractivity contribution in [1.29, 1.82) is 0 Å². The summed E-state index contributed by atoms with van der Waals surface area (Å²) >= 11 is 5.26. The second kappa shape index (κ2) is 11.7. The Labute approximate surface area is 231 Å². The van der Waals surface area contributed by atoms with E-state index in [1.807, 2.05) is 43.3 Å². The van der Waals surface area contributed by atoms with E-state index < -0.39 is 18.0 Å². The molecule has 1 aromatic heterocycles. The van der Waals surface area contributed by atoms with E-state index in [0.29, 0.717) is 22.2 Å². The van der Waals surface area contributed by atoms with Crippen LogP contribution in [0.3, 0.4) is 0 Å². The normalized spacial score (nSPS) is 11.9. The van der Waals surface area contributed by atoms with Crippen LogP contribution in [-0.4, -0.2) is 52.5 Å². The van der Waals surface area contributed by atoms with Gasteiger partial charge in [0.2, 0.25) is 0 Å². The van der Waals surface area contributed by atoms with Gasteiger partial charge in [-0.25, -0.2) is 9.67 Å². The molecular weight excluding hydrogens is 553 g/mol. The highest BCUT2D eigenvalue weighted by molar-refractivity contribution is 7.80. The predicted molar refractivity (Wildman–Crippen MR) is 146 cm³/mol.